The summed E-state index contributed by atoms with van der Waals surface area (Å²) < 4.78 is 0. The second-order valence-corrected chi connectivity index (χ2v) is 5.10. The van der Waals surface area contributed by atoms with Crippen molar-refractivity contribution < 1.29 is 9.59 Å². The number of aromatic nitrogens is 2. The van der Waals surface area contributed by atoms with Gasteiger partial charge in [-0.1, -0.05) is 6.07 Å². The van der Waals surface area contributed by atoms with Crippen molar-refractivity contribution in [2.24, 2.45) is 0 Å². The van der Waals surface area contributed by atoms with Crippen LogP contribution in [-0.4, -0.2) is 35.6 Å². The molecule has 0 saturated carbocycles. The number of carbonyl (C=O) groups is 2. The number of aldehydes is 1. The van der Waals surface area contributed by atoms with E-state index in [-0.39, 0.29) is 5.24 Å². The Hall–Kier alpha value is -2.41. The molecular formula is C14H14N4O2S. The predicted molar refractivity (Wildman–Crippen MR) is 85.2 cm³/mol. The van der Waals surface area contributed by atoms with Gasteiger partial charge in [-0.25, -0.2) is 9.97 Å². The number of rotatable bonds is 4. The molecule has 0 fully saturated rings. The average molecular weight is 302 g/mol. The van der Waals surface area contributed by atoms with E-state index < -0.39 is 0 Å². The predicted octanol–water partition coefficient (Wildman–Crippen LogP) is 2.28. The van der Waals surface area contributed by atoms with E-state index in [1.165, 1.54) is 13.4 Å². The van der Waals surface area contributed by atoms with Crippen LogP contribution in [0.3, 0.4) is 0 Å². The molecular weight excluding hydrogens is 288 g/mol. The van der Waals surface area contributed by atoms with Crippen molar-refractivity contribution in [1.82, 2.24) is 15.3 Å². The normalized spacial score (nSPS) is 11.2. The SMILES string of the molecule is CNC(=O)S/C(C=O)=C\c1ccc2ncnc(NC)c2c1. The fourth-order valence-electron chi connectivity index (χ4n) is 1.77. The lowest BCUT2D eigenvalue weighted by molar-refractivity contribution is -0.104. The standard InChI is InChI=1S/C14H14N4O2S/c1-15-13-11-6-9(3-4-12(11)17-8-18-13)5-10(7-19)21-14(20)16-2/h3-8H,1-2H3,(H,16,20)(H,15,17,18)/b10-5-. The number of allylic oxidation sites excluding steroid dienone is 1. The van der Waals surface area contributed by atoms with E-state index in [0.29, 0.717) is 17.0 Å². The maximum absolute atomic E-state index is 11.3. The Bertz CT molecular complexity index is 715. The molecule has 0 saturated heterocycles. The van der Waals surface area contributed by atoms with Crippen molar-refractivity contribution in [3.05, 3.63) is 35.0 Å². The van der Waals surface area contributed by atoms with Gasteiger partial charge >= 0.3 is 0 Å². The first kappa shape index (κ1) is 15.0. The van der Waals surface area contributed by atoms with Crippen molar-refractivity contribution in [3.8, 4) is 0 Å². The number of amides is 1. The van der Waals surface area contributed by atoms with Crippen LogP contribution >= 0.6 is 11.8 Å². The summed E-state index contributed by atoms with van der Waals surface area (Å²) in [7, 11) is 3.30. The third-order valence-corrected chi connectivity index (χ3v) is 3.58. The number of benzene rings is 1. The molecule has 21 heavy (non-hydrogen) atoms. The highest BCUT2D eigenvalue weighted by atomic mass is 32.2. The zero-order valence-electron chi connectivity index (χ0n) is 11.6. The summed E-state index contributed by atoms with van der Waals surface area (Å²) in [5, 5.41) is 6.02. The molecule has 0 spiro atoms. The van der Waals surface area contributed by atoms with E-state index in [2.05, 4.69) is 20.6 Å². The van der Waals surface area contributed by atoms with Crippen molar-refractivity contribution in [2.45, 2.75) is 0 Å². The maximum atomic E-state index is 11.3. The Kier molecular flexibility index (Phi) is 4.89. The first-order valence-corrected chi connectivity index (χ1v) is 6.98. The highest BCUT2D eigenvalue weighted by Gasteiger charge is 2.06. The van der Waals surface area contributed by atoms with Gasteiger partial charge in [0.25, 0.3) is 5.24 Å². The summed E-state index contributed by atoms with van der Waals surface area (Å²) in [6.45, 7) is 0. The minimum atomic E-state index is -0.284. The first-order valence-electron chi connectivity index (χ1n) is 6.17. The van der Waals surface area contributed by atoms with Crippen LogP contribution in [-0.2, 0) is 4.79 Å². The fraction of sp³-hybridized carbons (Fsp3) is 0.143. The molecule has 1 amide bonds. The first-order chi connectivity index (χ1) is 10.2. The van der Waals surface area contributed by atoms with E-state index in [1.54, 1.807) is 13.1 Å². The average Bonchev–Trinajstić information content (AvgIpc) is 2.53. The zero-order valence-corrected chi connectivity index (χ0v) is 12.4. The van der Waals surface area contributed by atoms with E-state index >= 15 is 0 Å². The lowest BCUT2D eigenvalue weighted by Crippen LogP contribution is -2.11. The number of anilines is 1. The third-order valence-electron chi connectivity index (χ3n) is 2.74. The number of thioether (sulfide) groups is 1. The van der Waals surface area contributed by atoms with Gasteiger partial charge in [0, 0.05) is 19.5 Å². The van der Waals surface area contributed by atoms with Gasteiger partial charge in [0.05, 0.1) is 10.4 Å². The summed E-state index contributed by atoms with van der Waals surface area (Å²) in [6.07, 6.45) is 3.80. The summed E-state index contributed by atoms with van der Waals surface area (Å²) in [5.74, 6) is 0.710. The summed E-state index contributed by atoms with van der Waals surface area (Å²) in [6, 6.07) is 5.55. The molecule has 2 aromatic rings. The number of hydrogen-bond acceptors (Lipinski definition) is 6. The van der Waals surface area contributed by atoms with Gasteiger partial charge in [-0.05, 0) is 35.5 Å². The summed E-state index contributed by atoms with van der Waals surface area (Å²) in [5.41, 5.74) is 1.60. The fourth-order valence-corrected chi connectivity index (χ4v) is 2.33. The maximum Gasteiger partial charge on any atom is 0.283 e. The molecule has 0 bridgehead atoms. The molecule has 0 unspecified atom stereocenters. The van der Waals surface area contributed by atoms with Gasteiger partial charge in [-0.3, -0.25) is 9.59 Å². The molecule has 108 valence electrons. The molecule has 0 atom stereocenters. The Morgan fingerprint density at radius 3 is 2.76 bits per heavy atom. The monoisotopic (exact) mass is 302 g/mol. The highest BCUT2D eigenvalue weighted by Crippen LogP contribution is 2.23. The van der Waals surface area contributed by atoms with E-state index in [1.807, 2.05) is 18.2 Å². The number of carbonyl (C=O) groups excluding carboxylic acids is 2. The lowest BCUT2D eigenvalue weighted by Gasteiger charge is -2.05. The minimum Gasteiger partial charge on any atom is -0.373 e. The number of fused-ring (bicyclic) bond motifs is 1. The Balaban J connectivity index is 2.41. The van der Waals surface area contributed by atoms with Gasteiger partial charge in [0.1, 0.15) is 12.1 Å². The van der Waals surface area contributed by atoms with Crippen molar-refractivity contribution in [3.63, 3.8) is 0 Å². The molecule has 7 heteroatoms. The molecule has 0 aliphatic heterocycles. The van der Waals surface area contributed by atoms with Crippen LogP contribution in [0.25, 0.3) is 17.0 Å². The quantitative estimate of drug-likeness (QED) is 0.666. The van der Waals surface area contributed by atoms with Gasteiger partial charge in [-0.15, -0.1) is 0 Å². The van der Waals surface area contributed by atoms with Crippen LogP contribution in [0.15, 0.2) is 29.4 Å². The van der Waals surface area contributed by atoms with Gasteiger partial charge in [0.2, 0.25) is 0 Å². The Morgan fingerprint density at radius 1 is 1.29 bits per heavy atom. The van der Waals surface area contributed by atoms with Crippen LogP contribution in [0.2, 0.25) is 0 Å². The smallest absolute Gasteiger partial charge is 0.283 e. The van der Waals surface area contributed by atoms with Crippen molar-refractivity contribution in [1.29, 1.82) is 0 Å². The summed E-state index contributed by atoms with van der Waals surface area (Å²) >= 11 is 0.851. The second kappa shape index (κ2) is 6.85. The Morgan fingerprint density at radius 2 is 2.10 bits per heavy atom. The molecule has 0 aliphatic carbocycles. The van der Waals surface area contributed by atoms with Crippen LogP contribution in [0.4, 0.5) is 10.6 Å². The van der Waals surface area contributed by atoms with Gasteiger partial charge < -0.3 is 10.6 Å². The van der Waals surface area contributed by atoms with E-state index in [9.17, 15) is 9.59 Å². The molecule has 1 aromatic heterocycles. The van der Waals surface area contributed by atoms with E-state index in [4.69, 9.17) is 0 Å². The molecule has 2 rings (SSSR count). The number of hydrogen-bond donors (Lipinski definition) is 2. The molecule has 1 heterocycles. The topological polar surface area (TPSA) is 84.0 Å². The minimum absolute atomic E-state index is 0.284. The molecule has 0 aliphatic rings. The van der Waals surface area contributed by atoms with Crippen LogP contribution < -0.4 is 10.6 Å². The lowest BCUT2D eigenvalue weighted by atomic mass is 10.1. The molecule has 2 N–H and O–H groups in total. The van der Waals surface area contributed by atoms with Crippen LogP contribution in [0.1, 0.15) is 5.56 Å². The molecule has 0 radical (unpaired) electrons. The summed E-state index contributed by atoms with van der Waals surface area (Å²) in [4.78, 5) is 31.0. The van der Waals surface area contributed by atoms with E-state index in [0.717, 1.165) is 28.2 Å². The second-order valence-electron chi connectivity index (χ2n) is 4.05. The number of nitrogens with one attached hydrogen (secondary N) is 2. The zero-order chi connectivity index (χ0) is 15.2. The largest absolute Gasteiger partial charge is 0.373 e. The van der Waals surface area contributed by atoms with Gasteiger partial charge in [-0.2, -0.15) is 0 Å². The van der Waals surface area contributed by atoms with Gasteiger partial charge in [0.15, 0.2) is 6.29 Å². The van der Waals surface area contributed by atoms with Crippen LogP contribution in [0.5, 0.6) is 0 Å². The van der Waals surface area contributed by atoms with Crippen molar-refractivity contribution >= 4 is 46.1 Å². The highest BCUT2D eigenvalue weighted by molar-refractivity contribution is 8.17. The Labute approximate surface area is 126 Å². The molecule has 6 nitrogen and oxygen atoms in total. The van der Waals surface area contributed by atoms with Crippen molar-refractivity contribution in [2.75, 3.05) is 19.4 Å². The third kappa shape index (κ3) is 3.57. The number of nitrogens with zero attached hydrogens (tertiary/aromatic N) is 2. The molecule has 1 aromatic carbocycles. The van der Waals surface area contributed by atoms with Crippen LogP contribution in [0, 0.1) is 0 Å².